The van der Waals surface area contributed by atoms with Crippen LogP contribution in [0.15, 0.2) is 30.3 Å². The Morgan fingerprint density at radius 1 is 0.810 bits per heavy atom. The summed E-state index contributed by atoms with van der Waals surface area (Å²) in [6.07, 6.45) is 20.1. The van der Waals surface area contributed by atoms with E-state index < -0.39 is 25.5 Å². The minimum Gasteiger partial charge on any atom is -0.458 e. The minimum absolute atomic E-state index is 0.00996. The number of benzene rings is 1. The summed E-state index contributed by atoms with van der Waals surface area (Å²) < 4.78 is 30.0. The van der Waals surface area contributed by atoms with Crippen LogP contribution in [0.2, 0.25) is 0 Å². The van der Waals surface area contributed by atoms with Gasteiger partial charge in [-0.15, -0.1) is 0 Å². The fourth-order valence-corrected chi connectivity index (χ4v) is 7.48. The van der Waals surface area contributed by atoms with Gasteiger partial charge in [-0.2, -0.15) is 11.8 Å². The molecule has 1 N–H and O–H groups in total. The first kappa shape index (κ1) is 39.2. The zero-order valence-corrected chi connectivity index (χ0v) is 28.8. The number of carbonyl (C=O) groups is 1. The van der Waals surface area contributed by atoms with Crippen molar-refractivity contribution < 1.29 is 28.3 Å². The summed E-state index contributed by atoms with van der Waals surface area (Å²) in [6, 6.07) is 9.29. The van der Waals surface area contributed by atoms with E-state index in [1.165, 1.54) is 77.0 Å². The lowest BCUT2D eigenvalue weighted by atomic mass is 10.1. The van der Waals surface area contributed by atoms with E-state index in [0.717, 1.165) is 37.0 Å². The van der Waals surface area contributed by atoms with Crippen LogP contribution < -0.4 is 0 Å². The molecule has 1 aromatic carbocycles. The Hall–Kier alpha value is -0.850. The van der Waals surface area contributed by atoms with Gasteiger partial charge in [0, 0.05) is 5.25 Å². The molecule has 0 amide bonds. The summed E-state index contributed by atoms with van der Waals surface area (Å²) in [4.78, 5) is 23.9. The summed E-state index contributed by atoms with van der Waals surface area (Å²) in [5.41, 5.74) is 0.803. The highest BCUT2D eigenvalue weighted by Gasteiger charge is 2.43. The molecule has 0 aromatic heterocycles. The topological polar surface area (TPSA) is 82.1 Å². The second-order valence-corrected chi connectivity index (χ2v) is 14.7. The number of hydrogen-bond donors (Lipinski definition) is 1. The molecule has 0 heterocycles. The van der Waals surface area contributed by atoms with Gasteiger partial charge in [0.15, 0.2) is 0 Å². The fraction of sp³-hybridized carbons (Fsp3) is 0.794. The van der Waals surface area contributed by atoms with Gasteiger partial charge in [0.05, 0.1) is 12.7 Å². The van der Waals surface area contributed by atoms with Crippen LogP contribution in [-0.2, 0) is 30.0 Å². The summed E-state index contributed by atoms with van der Waals surface area (Å²) in [7, 11) is -4.39. The predicted molar refractivity (Wildman–Crippen MR) is 178 cm³/mol. The number of thioether (sulfide) groups is 1. The van der Waals surface area contributed by atoms with Crippen LogP contribution in [0.3, 0.4) is 0 Å². The lowest BCUT2D eigenvalue weighted by Crippen LogP contribution is -2.35. The molecule has 42 heavy (non-hydrogen) atoms. The van der Waals surface area contributed by atoms with E-state index in [-0.39, 0.29) is 18.5 Å². The molecule has 244 valence electrons. The summed E-state index contributed by atoms with van der Waals surface area (Å²) in [6.45, 7) is 8.32. The number of carbonyl (C=O) groups excluding carboxylic acids is 1. The van der Waals surface area contributed by atoms with E-state index in [4.69, 9.17) is 14.0 Å². The van der Waals surface area contributed by atoms with Gasteiger partial charge >= 0.3 is 13.6 Å². The van der Waals surface area contributed by atoms with E-state index in [0.29, 0.717) is 6.42 Å². The maximum absolute atomic E-state index is 13.2. The molecule has 4 unspecified atom stereocenters. The normalized spacial score (nSPS) is 15.2. The molecule has 0 bridgehead atoms. The van der Waals surface area contributed by atoms with Gasteiger partial charge in [0.2, 0.25) is 0 Å². The molecular formula is C34H61O6PS. The second kappa shape index (κ2) is 25.5. The molecule has 0 fully saturated rings. The highest BCUT2D eigenvalue weighted by atomic mass is 32.2. The number of ether oxygens (including phenoxy) is 2. The standard InChI is InChI=1S/C34H61O6PS/c1-5-8-10-12-13-14-15-16-18-23-28-42-32(26-22-17-11-9-6-2)30(4)40-34(41(36,37)39-27-7-3)33(35)38-29-31-24-20-19-21-25-31/h19-21,24-25,30,32,34H,5-18,22-23,26-29H2,1-4H3,(H,36,37). The second-order valence-electron chi connectivity index (χ2n) is 11.5. The van der Waals surface area contributed by atoms with Crippen LogP contribution in [0.4, 0.5) is 0 Å². The lowest BCUT2D eigenvalue weighted by molar-refractivity contribution is -0.156. The van der Waals surface area contributed by atoms with E-state index in [1.54, 1.807) is 0 Å². The number of unbranched alkanes of at least 4 members (excludes halogenated alkanes) is 13. The zero-order valence-electron chi connectivity index (χ0n) is 27.1. The molecule has 0 saturated heterocycles. The Labute approximate surface area is 262 Å². The quantitative estimate of drug-likeness (QED) is 0.0561. The van der Waals surface area contributed by atoms with Crippen LogP contribution in [0.5, 0.6) is 0 Å². The molecule has 0 saturated carbocycles. The van der Waals surface area contributed by atoms with Crippen molar-refractivity contribution in [3.8, 4) is 0 Å². The summed E-state index contributed by atoms with van der Waals surface area (Å²) in [5, 5.41) is 0.126. The van der Waals surface area contributed by atoms with Crippen molar-refractivity contribution in [3.05, 3.63) is 35.9 Å². The average molecular weight is 629 g/mol. The van der Waals surface area contributed by atoms with Gasteiger partial charge in [-0.25, -0.2) is 4.79 Å². The van der Waals surface area contributed by atoms with Gasteiger partial charge in [-0.1, -0.05) is 141 Å². The van der Waals surface area contributed by atoms with Crippen molar-refractivity contribution in [2.75, 3.05) is 12.4 Å². The zero-order chi connectivity index (χ0) is 30.9. The van der Waals surface area contributed by atoms with Crippen molar-refractivity contribution in [2.24, 2.45) is 0 Å². The fourth-order valence-electron chi connectivity index (χ4n) is 4.87. The van der Waals surface area contributed by atoms with Gasteiger partial charge < -0.3 is 18.9 Å². The lowest BCUT2D eigenvalue weighted by Gasteiger charge is -2.29. The molecule has 0 aliphatic rings. The molecule has 0 spiro atoms. The van der Waals surface area contributed by atoms with Crippen LogP contribution in [0, 0.1) is 0 Å². The molecule has 0 aliphatic heterocycles. The van der Waals surface area contributed by atoms with Gasteiger partial charge in [0.1, 0.15) is 6.61 Å². The average Bonchev–Trinajstić information content (AvgIpc) is 2.99. The van der Waals surface area contributed by atoms with Crippen LogP contribution in [-0.4, -0.2) is 40.4 Å². The van der Waals surface area contributed by atoms with E-state index in [9.17, 15) is 14.3 Å². The van der Waals surface area contributed by atoms with Gasteiger partial charge in [0.25, 0.3) is 5.85 Å². The van der Waals surface area contributed by atoms with E-state index in [2.05, 4.69) is 13.8 Å². The first-order valence-electron chi connectivity index (χ1n) is 16.8. The van der Waals surface area contributed by atoms with E-state index >= 15 is 0 Å². The molecule has 4 atom stereocenters. The first-order valence-corrected chi connectivity index (χ1v) is 19.5. The molecule has 8 heteroatoms. The third-order valence-corrected chi connectivity index (χ3v) is 10.5. The Morgan fingerprint density at radius 2 is 1.36 bits per heavy atom. The summed E-state index contributed by atoms with van der Waals surface area (Å²) >= 11 is 1.87. The Bertz CT molecular complexity index is 824. The maximum Gasteiger partial charge on any atom is 0.368 e. The van der Waals surface area contributed by atoms with Crippen molar-refractivity contribution >= 4 is 25.3 Å². The van der Waals surface area contributed by atoms with Crippen molar-refractivity contribution in [1.82, 2.24) is 0 Å². The molecule has 1 aromatic rings. The Kier molecular flexibility index (Phi) is 23.8. The predicted octanol–water partition coefficient (Wildman–Crippen LogP) is 10.5. The van der Waals surface area contributed by atoms with Gasteiger partial charge in [-0.05, 0) is 37.5 Å². The summed E-state index contributed by atoms with van der Waals surface area (Å²) in [5.74, 6) is -1.49. The Balaban J connectivity index is 2.72. The molecule has 0 radical (unpaired) electrons. The Morgan fingerprint density at radius 3 is 1.93 bits per heavy atom. The number of esters is 1. The number of rotatable bonds is 28. The number of hydrogen-bond acceptors (Lipinski definition) is 6. The van der Waals surface area contributed by atoms with Crippen LogP contribution in [0.1, 0.15) is 142 Å². The molecule has 0 aliphatic carbocycles. The molecule has 1 rings (SSSR count). The third-order valence-electron chi connectivity index (χ3n) is 7.49. The van der Waals surface area contributed by atoms with Gasteiger partial charge in [-0.3, -0.25) is 4.57 Å². The maximum atomic E-state index is 13.2. The minimum atomic E-state index is -4.39. The smallest absolute Gasteiger partial charge is 0.368 e. The molecule has 6 nitrogen and oxygen atoms in total. The molecular weight excluding hydrogens is 567 g/mol. The van der Waals surface area contributed by atoms with E-state index in [1.807, 2.05) is 55.9 Å². The monoisotopic (exact) mass is 628 g/mol. The van der Waals surface area contributed by atoms with Crippen molar-refractivity contribution in [2.45, 2.75) is 161 Å². The largest absolute Gasteiger partial charge is 0.458 e. The van der Waals surface area contributed by atoms with Crippen LogP contribution >= 0.6 is 19.4 Å². The van der Waals surface area contributed by atoms with Crippen LogP contribution in [0.25, 0.3) is 0 Å². The van der Waals surface area contributed by atoms with Crippen molar-refractivity contribution in [3.63, 3.8) is 0 Å². The highest BCUT2D eigenvalue weighted by Crippen LogP contribution is 2.49. The first-order chi connectivity index (χ1) is 20.4. The van der Waals surface area contributed by atoms with Crippen molar-refractivity contribution in [1.29, 1.82) is 0 Å². The SMILES string of the molecule is CCCCCCCCCCCCSC(CCCCCCC)C(C)OC(C(=O)OCc1ccccc1)P(=O)(O)OCCC. The highest BCUT2D eigenvalue weighted by molar-refractivity contribution is 7.99. The third kappa shape index (κ3) is 18.7.